The number of hydrogen-bond donors (Lipinski definition) is 1. The van der Waals surface area contributed by atoms with E-state index in [-0.39, 0.29) is 11.3 Å². The monoisotopic (exact) mass is 298 g/mol. The molecule has 0 aliphatic heterocycles. The van der Waals surface area contributed by atoms with Gasteiger partial charge in [0.2, 0.25) is 0 Å². The predicted octanol–water partition coefficient (Wildman–Crippen LogP) is 3.43. The molecule has 0 atom stereocenters. The summed E-state index contributed by atoms with van der Waals surface area (Å²) >= 11 is 5.69. The number of nitrogens with zero attached hydrogens (tertiary/aromatic N) is 2. The lowest BCUT2D eigenvalue weighted by Crippen LogP contribution is -2.33. The van der Waals surface area contributed by atoms with Crippen LogP contribution in [0.3, 0.4) is 0 Å². The van der Waals surface area contributed by atoms with Crippen molar-refractivity contribution >= 4 is 22.9 Å². The van der Waals surface area contributed by atoms with Crippen LogP contribution in [0.2, 0.25) is 0 Å². The first kappa shape index (κ1) is 16.3. The van der Waals surface area contributed by atoms with E-state index in [0.717, 1.165) is 5.56 Å². The van der Waals surface area contributed by atoms with Gasteiger partial charge in [-0.25, -0.2) is 4.79 Å². The Morgan fingerprint density at radius 2 is 1.90 bits per heavy atom. The van der Waals surface area contributed by atoms with Crippen LogP contribution in [0, 0.1) is 0 Å². The third kappa shape index (κ3) is 5.09. The van der Waals surface area contributed by atoms with Gasteiger partial charge in [-0.2, -0.15) is 0 Å². The van der Waals surface area contributed by atoms with Gasteiger partial charge in [-0.05, 0) is 26.3 Å². The molecule has 20 heavy (non-hydrogen) atoms. The normalized spacial score (nSPS) is 12.2. The smallest absolute Gasteiger partial charge is 0.410 e. The number of benzene rings is 1. The van der Waals surface area contributed by atoms with Crippen LogP contribution in [0.15, 0.2) is 29.4 Å². The minimum absolute atomic E-state index is 0.0250. The fraction of sp³-hybridized carbons (Fsp3) is 0.429. The minimum Gasteiger partial charge on any atom is -0.444 e. The minimum atomic E-state index is -0.514. The first-order valence-electron chi connectivity index (χ1n) is 6.14. The SMILES string of the molecule is CN(Cc1ccc(/C(Cl)=N/O)cc1)C(=O)OC(C)(C)C. The van der Waals surface area contributed by atoms with E-state index in [4.69, 9.17) is 21.5 Å². The molecule has 0 aromatic heterocycles. The molecule has 1 aromatic rings. The third-order valence-corrected chi connectivity index (χ3v) is 2.70. The first-order valence-corrected chi connectivity index (χ1v) is 6.51. The van der Waals surface area contributed by atoms with Crippen LogP contribution >= 0.6 is 11.6 Å². The summed E-state index contributed by atoms with van der Waals surface area (Å²) in [5.74, 6) is 0. The summed E-state index contributed by atoms with van der Waals surface area (Å²) in [6, 6.07) is 7.06. The molecule has 1 aromatic carbocycles. The number of carbonyl (C=O) groups is 1. The maximum absolute atomic E-state index is 11.8. The van der Waals surface area contributed by atoms with Gasteiger partial charge in [0.05, 0.1) is 0 Å². The van der Waals surface area contributed by atoms with E-state index in [9.17, 15) is 4.79 Å². The van der Waals surface area contributed by atoms with Gasteiger partial charge in [0, 0.05) is 19.2 Å². The van der Waals surface area contributed by atoms with E-state index < -0.39 is 5.60 Å². The van der Waals surface area contributed by atoms with Crippen molar-refractivity contribution < 1.29 is 14.7 Å². The Morgan fingerprint density at radius 3 is 2.35 bits per heavy atom. The third-order valence-electron chi connectivity index (χ3n) is 2.40. The second kappa shape index (κ2) is 6.61. The van der Waals surface area contributed by atoms with Gasteiger partial charge < -0.3 is 14.8 Å². The largest absolute Gasteiger partial charge is 0.444 e. The molecule has 110 valence electrons. The summed E-state index contributed by atoms with van der Waals surface area (Å²) in [5.41, 5.74) is 1.02. The van der Waals surface area contributed by atoms with Gasteiger partial charge in [-0.1, -0.05) is 41.0 Å². The molecule has 0 aliphatic carbocycles. The van der Waals surface area contributed by atoms with Crippen LogP contribution in [-0.2, 0) is 11.3 Å². The van der Waals surface area contributed by atoms with Crippen molar-refractivity contribution in [3.63, 3.8) is 0 Å². The standard InChI is InChI=1S/C14H19ClN2O3/c1-14(2,3)20-13(18)17(4)9-10-5-7-11(8-6-10)12(15)16-19/h5-8,19H,9H2,1-4H3/b16-12-. The molecule has 6 heteroatoms. The summed E-state index contributed by atoms with van der Waals surface area (Å²) in [5, 5.41) is 11.5. The number of carbonyl (C=O) groups excluding carboxylic acids is 1. The maximum atomic E-state index is 11.8. The van der Waals surface area contributed by atoms with E-state index in [0.29, 0.717) is 12.1 Å². The highest BCUT2D eigenvalue weighted by atomic mass is 35.5. The molecule has 1 rings (SSSR count). The van der Waals surface area contributed by atoms with Crippen molar-refractivity contribution in [3.8, 4) is 0 Å². The fourth-order valence-electron chi connectivity index (χ4n) is 1.48. The lowest BCUT2D eigenvalue weighted by molar-refractivity contribution is 0.0285. The van der Waals surface area contributed by atoms with Crippen LogP contribution in [-0.4, -0.2) is 34.0 Å². The molecular formula is C14H19ClN2O3. The average Bonchev–Trinajstić information content (AvgIpc) is 2.36. The van der Waals surface area contributed by atoms with Crippen molar-refractivity contribution in [1.29, 1.82) is 0 Å². The van der Waals surface area contributed by atoms with Crippen LogP contribution in [0.1, 0.15) is 31.9 Å². The van der Waals surface area contributed by atoms with Gasteiger partial charge in [-0.3, -0.25) is 0 Å². The van der Waals surface area contributed by atoms with Crippen molar-refractivity contribution in [2.75, 3.05) is 7.05 Å². The Balaban J connectivity index is 2.67. The Bertz CT molecular complexity index is 492. The Kier molecular flexibility index (Phi) is 5.39. The van der Waals surface area contributed by atoms with Gasteiger partial charge in [0.25, 0.3) is 0 Å². The molecule has 0 bridgehead atoms. The highest BCUT2D eigenvalue weighted by Gasteiger charge is 2.19. The number of oxime groups is 1. The lowest BCUT2D eigenvalue weighted by Gasteiger charge is -2.24. The second-order valence-electron chi connectivity index (χ2n) is 5.42. The molecule has 0 heterocycles. The number of hydrogen-bond acceptors (Lipinski definition) is 4. The highest BCUT2D eigenvalue weighted by molar-refractivity contribution is 6.69. The van der Waals surface area contributed by atoms with E-state index >= 15 is 0 Å². The Hall–Kier alpha value is -1.75. The molecular weight excluding hydrogens is 280 g/mol. The molecule has 0 spiro atoms. The van der Waals surface area contributed by atoms with Crippen molar-refractivity contribution in [1.82, 2.24) is 4.90 Å². The average molecular weight is 299 g/mol. The van der Waals surface area contributed by atoms with Crippen LogP contribution in [0.5, 0.6) is 0 Å². The molecule has 0 fully saturated rings. The quantitative estimate of drug-likeness (QED) is 0.528. The van der Waals surface area contributed by atoms with Crippen LogP contribution in [0.4, 0.5) is 4.79 Å². The van der Waals surface area contributed by atoms with Gasteiger partial charge in [-0.15, -0.1) is 0 Å². The highest BCUT2D eigenvalue weighted by Crippen LogP contribution is 2.13. The zero-order chi connectivity index (χ0) is 15.3. The van der Waals surface area contributed by atoms with Crippen LogP contribution in [0.25, 0.3) is 0 Å². The topological polar surface area (TPSA) is 62.1 Å². The zero-order valence-corrected chi connectivity index (χ0v) is 12.8. The zero-order valence-electron chi connectivity index (χ0n) is 12.1. The Labute approximate surface area is 123 Å². The van der Waals surface area contributed by atoms with Crippen molar-refractivity contribution in [3.05, 3.63) is 35.4 Å². The summed E-state index contributed by atoms with van der Waals surface area (Å²) in [6.07, 6.45) is -0.378. The summed E-state index contributed by atoms with van der Waals surface area (Å²) < 4.78 is 5.26. The molecule has 0 radical (unpaired) electrons. The second-order valence-corrected chi connectivity index (χ2v) is 5.78. The molecule has 1 N–H and O–H groups in total. The van der Waals surface area contributed by atoms with E-state index in [2.05, 4.69) is 5.16 Å². The molecule has 0 unspecified atom stereocenters. The maximum Gasteiger partial charge on any atom is 0.410 e. The molecule has 0 aliphatic rings. The number of halogens is 1. The molecule has 5 nitrogen and oxygen atoms in total. The number of rotatable bonds is 3. The lowest BCUT2D eigenvalue weighted by atomic mass is 10.1. The number of amides is 1. The summed E-state index contributed by atoms with van der Waals surface area (Å²) in [6.45, 7) is 5.89. The Morgan fingerprint density at radius 1 is 1.35 bits per heavy atom. The van der Waals surface area contributed by atoms with Gasteiger partial charge in [0.1, 0.15) is 5.60 Å². The van der Waals surface area contributed by atoms with Crippen molar-refractivity contribution in [2.24, 2.45) is 5.16 Å². The van der Waals surface area contributed by atoms with Gasteiger partial charge >= 0.3 is 6.09 Å². The molecule has 1 amide bonds. The van der Waals surface area contributed by atoms with Crippen LogP contribution < -0.4 is 0 Å². The summed E-state index contributed by atoms with van der Waals surface area (Å²) in [4.78, 5) is 13.3. The van der Waals surface area contributed by atoms with E-state index in [1.807, 2.05) is 32.9 Å². The molecule has 0 saturated carbocycles. The van der Waals surface area contributed by atoms with Gasteiger partial charge in [0.15, 0.2) is 5.17 Å². The number of ether oxygens (including phenoxy) is 1. The fourth-order valence-corrected chi connectivity index (χ4v) is 1.61. The first-order chi connectivity index (χ1) is 9.23. The van der Waals surface area contributed by atoms with Crippen molar-refractivity contribution in [2.45, 2.75) is 32.9 Å². The van der Waals surface area contributed by atoms with E-state index in [1.54, 1.807) is 19.2 Å². The summed E-state index contributed by atoms with van der Waals surface area (Å²) in [7, 11) is 1.67. The van der Waals surface area contributed by atoms with E-state index in [1.165, 1.54) is 4.90 Å². The predicted molar refractivity (Wildman–Crippen MR) is 78.3 cm³/mol. The molecule has 0 saturated heterocycles.